The van der Waals surface area contributed by atoms with E-state index in [9.17, 15) is 22.8 Å². The molecule has 0 spiro atoms. The van der Waals surface area contributed by atoms with Gasteiger partial charge in [-0.05, 0) is 36.4 Å². The van der Waals surface area contributed by atoms with Gasteiger partial charge in [-0.15, -0.1) is 0 Å². The molecule has 4 aromatic rings. The van der Waals surface area contributed by atoms with E-state index >= 15 is 0 Å². The van der Waals surface area contributed by atoms with Crippen molar-refractivity contribution in [3.8, 4) is 5.69 Å². The van der Waals surface area contributed by atoms with E-state index in [0.717, 1.165) is 17.8 Å². The van der Waals surface area contributed by atoms with Crippen molar-refractivity contribution in [3.05, 3.63) is 83.0 Å². The van der Waals surface area contributed by atoms with Gasteiger partial charge < -0.3 is 5.32 Å². The van der Waals surface area contributed by atoms with Crippen LogP contribution in [0.5, 0.6) is 0 Å². The summed E-state index contributed by atoms with van der Waals surface area (Å²) in [5.74, 6) is -0.438. The maximum absolute atomic E-state index is 12.7. The van der Waals surface area contributed by atoms with Gasteiger partial charge in [-0.2, -0.15) is 18.3 Å². The predicted octanol–water partition coefficient (Wildman–Crippen LogP) is 3.63. The van der Waals surface area contributed by atoms with Crippen LogP contribution in [-0.2, 0) is 17.5 Å². The third-order valence-corrected chi connectivity index (χ3v) is 4.63. The number of hydrogen-bond acceptors (Lipinski definition) is 4. The molecule has 31 heavy (non-hydrogen) atoms. The van der Waals surface area contributed by atoms with Crippen LogP contribution in [0.4, 0.5) is 18.9 Å². The monoisotopic (exact) mass is 427 g/mol. The summed E-state index contributed by atoms with van der Waals surface area (Å²) in [4.78, 5) is 29.2. The molecule has 0 bridgehead atoms. The molecule has 1 amide bonds. The molecule has 0 unspecified atom stereocenters. The molecule has 2 heterocycles. The summed E-state index contributed by atoms with van der Waals surface area (Å²) in [6.07, 6.45) is -1.72. The van der Waals surface area contributed by atoms with Crippen molar-refractivity contribution in [2.45, 2.75) is 19.1 Å². The highest BCUT2D eigenvalue weighted by atomic mass is 19.4. The first kappa shape index (κ1) is 20.3. The van der Waals surface area contributed by atoms with E-state index in [1.54, 1.807) is 4.68 Å². The van der Waals surface area contributed by atoms with Gasteiger partial charge in [-0.25, -0.2) is 9.67 Å². The minimum Gasteiger partial charge on any atom is -0.326 e. The second-order valence-corrected chi connectivity index (χ2v) is 6.75. The molecule has 2 aromatic carbocycles. The first-order valence-corrected chi connectivity index (χ1v) is 9.28. The van der Waals surface area contributed by atoms with Crippen molar-refractivity contribution < 1.29 is 18.0 Å². The largest absolute Gasteiger partial charge is 0.416 e. The molecule has 0 aliphatic rings. The number of halogens is 3. The van der Waals surface area contributed by atoms with Crippen molar-refractivity contribution in [3.63, 3.8) is 0 Å². The highest BCUT2D eigenvalue weighted by molar-refractivity contribution is 5.90. The van der Waals surface area contributed by atoms with Crippen LogP contribution >= 0.6 is 0 Å². The lowest BCUT2D eigenvalue weighted by Crippen LogP contribution is -2.23. The molecular formula is C21H16F3N5O2. The lowest BCUT2D eigenvalue weighted by molar-refractivity contribution is -0.137. The Labute approximate surface area is 173 Å². The van der Waals surface area contributed by atoms with Crippen LogP contribution in [0, 0.1) is 0 Å². The molecule has 0 atom stereocenters. The summed E-state index contributed by atoms with van der Waals surface area (Å²) in [6.45, 7) is 0.0603. The Morgan fingerprint density at radius 2 is 1.74 bits per heavy atom. The topological polar surface area (TPSA) is 81.8 Å². The molecule has 158 valence electrons. The van der Waals surface area contributed by atoms with Crippen LogP contribution in [0.15, 0.2) is 71.9 Å². The fourth-order valence-corrected chi connectivity index (χ4v) is 3.05. The fraction of sp³-hybridized carbons (Fsp3) is 0.143. The van der Waals surface area contributed by atoms with Crippen molar-refractivity contribution in [2.24, 2.45) is 0 Å². The normalized spacial score (nSPS) is 11.6. The Kier molecular flexibility index (Phi) is 5.28. The highest BCUT2D eigenvalue weighted by Gasteiger charge is 2.30. The fourth-order valence-electron chi connectivity index (χ4n) is 3.05. The summed E-state index contributed by atoms with van der Waals surface area (Å²) >= 11 is 0. The average Bonchev–Trinajstić information content (AvgIpc) is 3.19. The second-order valence-electron chi connectivity index (χ2n) is 6.75. The molecule has 10 heteroatoms. The maximum atomic E-state index is 12.7. The summed E-state index contributed by atoms with van der Waals surface area (Å²) in [6, 6.07) is 13.4. The smallest absolute Gasteiger partial charge is 0.326 e. The number of alkyl halides is 3. The first-order chi connectivity index (χ1) is 14.8. The Hall–Kier alpha value is -3.95. The standard InChI is InChI=1S/C21H16F3N5O2/c22-21(23,24)14-6-8-15(9-7-14)27-18(30)10-11-28-13-25-19-17(20(28)31)12-26-29(19)16-4-2-1-3-5-16/h1-9,12-13H,10-11H2,(H,27,30). The minimum absolute atomic E-state index is 0.0546. The average molecular weight is 427 g/mol. The zero-order valence-electron chi connectivity index (χ0n) is 16.0. The molecule has 0 radical (unpaired) electrons. The number of aryl methyl sites for hydroxylation is 1. The van der Waals surface area contributed by atoms with Crippen LogP contribution in [0.3, 0.4) is 0 Å². The van der Waals surface area contributed by atoms with Crippen molar-refractivity contribution in [1.82, 2.24) is 19.3 Å². The number of amides is 1. The lowest BCUT2D eigenvalue weighted by Gasteiger charge is -2.09. The van der Waals surface area contributed by atoms with Crippen LogP contribution in [0.2, 0.25) is 0 Å². The van der Waals surface area contributed by atoms with Gasteiger partial charge in [0.05, 0.1) is 23.8 Å². The Balaban J connectivity index is 1.45. The molecular weight excluding hydrogens is 411 g/mol. The van der Waals surface area contributed by atoms with E-state index < -0.39 is 17.6 Å². The number of nitrogens with zero attached hydrogens (tertiary/aromatic N) is 4. The number of hydrogen-bond donors (Lipinski definition) is 1. The van der Waals surface area contributed by atoms with Gasteiger partial charge in [0, 0.05) is 18.7 Å². The number of anilines is 1. The molecule has 0 saturated carbocycles. The number of aromatic nitrogens is 4. The van der Waals surface area contributed by atoms with E-state index in [-0.39, 0.29) is 24.2 Å². The van der Waals surface area contributed by atoms with Crippen LogP contribution in [-0.4, -0.2) is 25.2 Å². The lowest BCUT2D eigenvalue weighted by atomic mass is 10.2. The van der Waals surface area contributed by atoms with Crippen molar-refractivity contribution >= 4 is 22.6 Å². The molecule has 0 saturated heterocycles. The molecule has 0 aliphatic heterocycles. The Bertz CT molecular complexity index is 1280. The van der Waals surface area contributed by atoms with E-state index in [1.165, 1.54) is 29.2 Å². The minimum atomic E-state index is -4.44. The SMILES string of the molecule is O=C(CCn1cnc2c(cnn2-c2ccccc2)c1=O)Nc1ccc(C(F)(F)F)cc1. The van der Waals surface area contributed by atoms with Crippen LogP contribution in [0.1, 0.15) is 12.0 Å². The molecule has 0 aliphatic carbocycles. The number of nitrogens with one attached hydrogen (secondary N) is 1. The van der Waals surface area contributed by atoms with E-state index in [4.69, 9.17) is 0 Å². The maximum Gasteiger partial charge on any atom is 0.416 e. The van der Waals surface area contributed by atoms with Gasteiger partial charge in [-0.3, -0.25) is 14.2 Å². The number of fused-ring (bicyclic) bond motifs is 1. The van der Waals surface area contributed by atoms with Gasteiger partial charge in [0.25, 0.3) is 5.56 Å². The van der Waals surface area contributed by atoms with Gasteiger partial charge >= 0.3 is 6.18 Å². The van der Waals surface area contributed by atoms with E-state index in [0.29, 0.717) is 11.0 Å². The zero-order chi connectivity index (χ0) is 22.0. The van der Waals surface area contributed by atoms with E-state index in [1.807, 2.05) is 30.3 Å². The molecule has 7 nitrogen and oxygen atoms in total. The summed E-state index contributed by atoms with van der Waals surface area (Å²) in [5.41, 5.74) is 0.268. The number of rotatable bonds is 5. The molecule has 4 rings (SSSR count). The molecule has 0 fully saturated rings. The Morgan fingerprint density at radius 3 is 2.42 bits per heavy atom. The molecule has 2 aromatic heterocycles. The second kappa shape index (κ2) is 8.05. The number of carbonyl (C=O) groups is 1. The predicted molar refractivity (Wildman–Crippen MR) is 108 cm³/mol. The first-order valence-electron chi connectivity index (χ1n) is 9.28. The highest BCUT2D eigenvalue weighted by Crippen LogP contribution is 2.29. The van der Waals surface area contributed by atoms with Gasteiger partial charge in [0.15, 0.2) is 5.65 Å². The number of para-hydroxylation sites is 1. The molecule has 1 N–H and O–H groups in total. The van der Waals surface area contributed by atoms with Gasteiger partial charge in [-0.1, -0.05) is 18.2 Å². The number of benzene rings is 2. The van der Waals surface area contributed by atoms with Gasteiger partial charge in [0.2, 0.25) is 5.91 Å². The van der Waals surface area contributed by atoms with E-state index in [2.05, 4.69) is 15.4 Å². The third kappa shape index (κ3) is 4.32. The van der Waals surface area contributed by atoms with Crippen molar-refractivity contribution in [2.75, 3.05) is 5.32 Å². The van der Waals surface area contributed by atoms with Gasteiger partial charge in [0.1, 0.15) is 5.39 Å². The quantitative estimate of drug-likeness (QED) is 0.527. The Morgan fingerprint density at radius 1 is 1.03 bits per heavy atom. The number of carbonyl (C=O) groups excluding carboxylic acids is 1. The zero-order valence-corrected chi connectivity index (χ0v) is 16.0. The van der Waals surface area contributed by atoms with Crippen LogP contribution in [0.25, 0.3) is 16.7 Å². The summed E-state index contributed by atoms with van der Waals surface area (Å²) in [7, 11) is 0. The third-order valence-electron chi connectivity index (χ3n) is 4.63. The van der Waals surface area contributed by atoms with Crippen LogP contribution < -0.4 is 10.9 Å². The summed E-state index contributed by atoms with van der Waals surface area (Å²) < 4.78 is 40.7. The summed E-state index contributed by atoms with van der Waals surface area (Å²) in [5, 5.41) is 7.05. The van der Waals surface area contributed by atoms with Crippen molar-refractivity contribution in [1.29, 1.82) is 0 Å².